The van der Waals surface area contributed by atoms with Gasteiger partial charge in [0.15, 0.2) is 5.75 Å². The van der Waals surface area contributed by atoms with Crippen LogP contribution in [0.3, 0.4) is 0 Å². The number of aromatic nitrogens is 2. The first-order chi connectivity index (χ1) is 11.7. The highest BCUT2D eigenvalue weighted by Gasteiger charge is 2.35. The molecule has 3 aliphatic heterocycles. The summed E-state index contributed by atoms with van der Waals surface area (Å²) in [6, 6.07) is 5.11. The van der Waals surface area contributed by atoms with E-state index in [1.807, 2.05) is 13.0 Å². The van der Waals surface area contributed by atoms with Crippen molar-refractivity contribution in [1.82, 2.24) is 10.2 Å². The largest absolute Gasteiger partial charge is 0.487 e. The number of rotatable bonds is 5. The third kappa shape index (κ3) is 2.31. The van der Waals surface area contributed by atoms with Crippen LogP contribution >= 0.6 is 0 Å². The lowest BCUT2D eigenvalue weighted by Crippen LogP contribution is -2.38. The van der Waals surface area contributed by atoms with Gasteiger partial charge in [-0.3, -0.25) is 15.2 Å². The Morgan fingerprint density at radius 3 is 2.92 bits per heavy atom. The van der Waals surface area contributed by atoms with Gasteiger partial charge in [-0.2, -0.15) is 5.10 Å². The second-order valence-electron chi connectivity index (χ2n) is 6.38. The molecule has 2 aromatic rings. The second kappa shape index (κ2) is 5.81. The summed E-state index contributed by atoms with van der Waals surface area (Å²) in [5, 5.41) is 19.0. The summed E-state index contributed by atoms with van der Waals surface area (Å²) in [4.78, 5) is 13.4. The maximum absolute atomic E-state index is 11.4. The fraction of sp³-hybridized carbons (Fsp3) is 0.471. The van der Waals surface area contributed by atoms with Gasteiger partial charge in [0, 0.05) is 30.6 Å². The van der Waals surface area contributed by atoms with Gasteiger partial charge in [-0.05, 0) is 31.4 Å². The molecular formula is C17H20N4O3. The highest BCUT2D eigenvalue weighted by molar-refractivity contribution is 5.80. The van der Waals surface area contributed by atoms with E-state index in [0.29, 0.717) is 18.3 Å². The molecule has 0 radical (unpaired) electrons. The van der Waals surface area contributed by atoms with Crippen LogP contribution in [-0.4, -0.2) is 34.8 Å². The molecule has 1 aromatic carbocycles. The van der Waals surface area contributed by atoms with Gasteiger partial charge < -0.3 is 9.64 Å². The summed E-state index contributed by atoms with van der Waals surface area (Å²) >= 11 is 0. The molecule has 2 bridgehead atoms. The third-order valence-corrected chi connectivity index (χ3v) is 4.88. The van der Waals surface area contributed by atoms with Crippen molar-refractivity contribution in [2.75, 3.05) is 24.6 Å². The van der Waals surface area contributed by atoms with Crippen molar-refractivity contribution in [2.45, 2.75) is 32.1 Å². The Hall–Kier alpha value is -2.57. The van der Waals surface area contributed by atoms with E-state index >= 15 is 0 Å². The lowest BCUT2D eigenvalue weighted by Gasteiger charge is -2.40. The number of nitrogens with one attached hydrogen (secondary N) is 1. The number of hydrogen-bond donors (Lipinski definition) is 1. The molecule has 0 atom stereocenters. The molecule has 1 saturated heterocycles. The van der Waals surface area contributed by atoms with Gasteiger partial charge >= 0.3 is 5.69 Å². The molecule has 7 nitrogen and oxygen atoms in total. The summed E-state index contributed by atoms with van der Waals surface area (Å²) in [5.74, 6) is 0.852. The first-order valence-corrected chi connectivity index (χ1v) is 8.44. The van der Waals surface area contributed by atoms with Gasteiger partial charge in [0.2, 0.25) is 0 Å². The summed E-state index contributed by atoms with van der Waals surface area (Å²) in [5.41, 5.74) is 3.86. The number of nitro groups is 1. The van der Waals surface area contributed by atoms with Crippen LogP contribution in [0.25, 0.3) is 11.3 Å². The Morgan fingerprint density at radius 2 is 2.21 bits per heavy atom. The number of aromatic amines is 1. The van der Waals surface area contributed by atoms with Gasteiger partial charge in [0.05, 0.1) is 22.9 Å². The van der Waals surface area contributed by atoms with E-state index in [2.05, 4.69) is 15.1 Å². The van der Waals surface area contributed by atoms with Crippen molar-refractivity contribution in [2.24, 2.45) is 0 Å². The minimum Gasteiger partial charge on any atom is -0.487 e. The number of piperidine rings is 1. The van der Waals surface area contributed by atoms with E-state index in [1.54, 1.807) is 12.1 Å². The Kier molecular flexibility index (Phi) is 3.63. The number of ether oxygens (including phenoxy) is 1. The quantitative estimate of drug-likeness (QED) is 0.671. The minimum absolute atomic E-state index is 0.00586. The van der Waals surface area contributed by atoms with Crippen LogP contribution in [0, 0.1) is 10.1 Å². The van der Waals surface area contributed by atoms with Crippen LogP contribution in [-0.2, 0) is 0 Å². The molecule has 5 rings (SSSR count). The maximum atomic E-state index is 11.4. The van der Waals surface area contributed by atoms with Crippen molar-refractivity contribution < 1.29 is 9.66 Å². The van der Waals surface area contributed by atoms with Gasteiger partial charge in [0.25, 0.3) is 0 Å². The normalized spacial score (nSPS) is 16.3. The van der Waals surface area contributed by atoms with Gasteiger partial charge in [0.1, 0.15) is 5.69 Å². The number of H-pyrrole nitrogens is 1. The van der Waals surface area contributed by atoms with Crippen molar-refractivity contribution in [1.29, 1.82) is 0 Å². The van der Waals surface area contributed by atoms with Crippen molar-refractivity contribution in [3.63, 3.8) is 0 Å². The van der Waals surface area contributed by atoms with Crippen LogP contribution in [0.15, 0.2) is 18.2 Å². The third-order valence-electron chi connectivity index (χ3n) is 4.88. The molecular weight excluding hydrogens is 308 g/mol. The number of benzene rings is 1. The fourth-order valence-electron chi connectivity index (χ4n) is 3.69. The molecule has 0 unspecified atom stereocenters. The van der Waals surface area contributed by atoms with E-state index in [9.17, 15) is 10.1 Å². The Morgan fingerprint density at radius 1 is 1.42 bits per heavy atom. The zero-order chi connectivity index (χ0) is 16.7. The predicted molar refractivity (Wildman–Crippen MR) is 90.7 cm³/mol. The minimum atomic E-state index is -0.389. The zero-order valence-corrected chi connectivity index (χ0v) is 13.6. The highest BCUT2D eigenvalue weighted by atomic mass is 16.6. The molecule has 0 spiro atoms. The van der Waals surface area contributed by atoms with E-state index < -0.39 is 0 Å². The van der Waals surface area contributed by atoms with Gasteiger partial charge in [-0.1, -0.05) is 6.92 Å². The van der Waals surface area contributed by atoms with E-state index in [1.165, 1.54) is 5.69 Å². The highest BCUT2D eigenvalue weighted by Crippen LogP contribution is 2.46. The summed E-state index contributed by atoms with van der Waals surface area (Å²) in [6.07, 6.45) is 3.11. The standard InChI is InChI=1S/C17H20N4O3/c1-2-9-24-14-4-3-12(10-13(14)21(22)23)16-17-15(18-19-16)11-5-7-20(17)8-6-11/h3-4,10-11H,2,5-9H2,1H3,(H,18,19). The molecule has 1 aromatic heterocycles. The van der Waals surface area contributed by atoms with E-state index in [0.717, 1.165) is 49.3 Å². The first-order valence-electron chi connectivity index (χ1n) is 8.44. The van der Waals surface area contributed by atoms with Gasteiger partial charge in [-0.15, -0.1) is 0 Å². The number of fused-ring (bicyclic) bond motifs is 2. The van der Waals surface area contributed by atoms with Crippen LogP contribution in [0.1, 0.15) is 37.8 Å². The Labute approximate surface area is 139 Å². The molecule has 1 fully saturated rings. The van der Waals surface area contributed by atoms with Crippen molar-refractivity contribution in [3.8, 4) is 17.0 Å². The van der Waals surface area contributed by atoms with Crippen LogP contribution in [0.2, 0.25) is 0 Å². The first kappa shape index (κ1) is 15.0. The van der Waals surface area contributed by atoms with Crippen LogP contribution < -0.4 is 9.64 Å². The fourth-order valence-corrected chi connectivity index (χ4v) is 3.69. The summed E-state index contributed by atoms with van der Waals surface area (Å²) < 4.78 is 5.50. The lowest BCUT2D eigenvalue weighted by atomic mass is 9.86. The van der Waals surface area contributed by atoms with E-state index in [-0.39, 0.29) is 10.6 Å². The Balaban J connectivity index is 1.76. The average Bonchev–Trinajstić information content (AvgIpc) is 3.08. The molecule has 126 valence electrons. The molecule has 1 N–H and O–H groups in total. The SMILES string of the molecule is CCCOc1ccc(-c2n[nH]c3c2N2CCC3CC2)cc1[N+](=O)[O-]. The van der Waals surface area contributed by atoms with Crippen LogP contribution in [0.4, 0.5) is 11.4 Å². The maximum Gasteiger partial charge on any atom is 0.311 e. The number of nitrogens with zero attached hydrogens (tertiary/aromatic N) is 3. The molecule has 24 heavy (non-hydrogen) atoms. The topological polar surface area (TPSA) is 84.3 Å². The predicted octanol–water partition coefficient (Wildman–Crippen LogP) is 3.47. The van der Waals surface area contributed by atoms with E-state index in [4.69, 9.17) is 4.74 Å². The number of hydrogen-bond acceptors (Lipinski definition) is 5. The molecule has 4 heterocycles. The molecule has 0 saturated carbocycles. The van der Waals surface area contributed by atoms with Crippen LogP contribution in [0.5, 0.6) is 5.75 Å². The molecule has 0 aliphatic carbocycles. The molecule has 3 aliphatic rings. The molecule has 0 amide bonds. The number of nitro benzene ring substituents is 1. The average molecular weight is 328 g/mol. The van der Waals surface area contributed by atoms with Crippen molar-refractivity contribution >= 4 is 11.4 Å². The Bertz CT molecular complexity index is 778. The number of anilines is 1. The summed E-state index contributed by atoms with van der Waals surface area (Å²) in [7, 11) is 0. The van der Waals surface area contributed by atoms with Crippen molar-refractivity contribution in [3.05, 3.63) is 34.0 Å². The van der Waals surface area contributed by atoms with Gasteiger partial charge in [-0.25, -0.2) is 0 Å². The zero-order valence-electron chi connectivity index (χ0n) is 13.6. The summed E-state index contributed by atoms with van der Waals surface area (Å²) in [6.45, 7) is 4.50. The monoisotopic (exact) mass is 328 g/mol. The lowest BCUT2D eigenvalue weighted by molar-refractivity contribution is -0.385. The molecule has 7 heteroatoms. The smallest absolute Gasteiger partial charge is 0.311 e. The second-order valence-corrected chi connectivity index (χ2v) is 6.38.